The monoisotopic (exact) mass is 321 g/mol. The molecule has 2 unspecified atom stereocenters. The Morgan fingerprint density at radius 2 is 1.62 bits per heavy atom. The van der Waals surface area contributed by atoms with Crippen molar-refractivity contribution in [2.75, 3.05) is 19.7 Å². The second kappa shape index (κ2) is 7.08. The summed E-state index contributed by atoms with van der Waals surface area (Å²) in [7, 11) is 0. The lowest BCUT2D eigenvalue weighted by Gasteiger charge is -2.37. The van der Waals surface area contributed by atoms with Crippen LogP contribution in [0.15, 0.2) is 60.7 Å². The van der Waals surface area contributed by atoms with Crippen molar-refractivity contribution < 1.29 is 4.74 Å². The zero-order valence-electron chi connectivity index (χ0n) is 14.4. The molecule has 2 heteroatoms. The first kappa shape index (κ1) is 15.9. The van der Waals surface area contributed by atoms with Crippen LogP contribution < -0.4 is 0 Å². The predicted molar refractivity (Wildman–Crippen MR) is 97.9 cm³/mol. The third kappa shape index (κ3) is 3.71. The number of nitrogens with zero attached hydrogens (tertiary/aromatic N) is 1. The summed E-state index contributed by atoms with van der Waals surface area (Å²) >= 11 is 0. The minimum atomic E-state index is 0.226. The van der Waals surface area contributed by atoms with Gasteiger partial charge in [-0.1, -0.05) is 60.7 Å². The highest BCUT2D eigenvalue weighted by molar-refractivity contribution is 5.16. The van der Waals surface area contributed by atoms with Gasteiger partial charge in [-0.15, -0.1) is 0 Å². The first-order chi connectivity index (χ1) is 11.8. The van der Waals surface area contributed by atoms with E-state index in [0.717, 1.165) is 13.2 Å². The van der Waals surface area contributed by atoms with Crippen molar-refractivity contribution in [2.24, 2.45) is 5.92 Å². The fourth-order valence-electron chi connectivity index (χ4n) is 4.13. The maximum Gasteiger partial charge on any atom is 0.0968 e. The molecule has 2 nitrogen and oxygen atoms in total. The van der Waals surface area contributed by atoms with Gasteiger partial charge in [-0.05, 0) is 36.8 Å². The second-order valence-electron chi connectivity index (χ2n) is 7.40. The summed E-state index contributed by atoms with van der Waals surface area (Å²) in [6.07, 6.45) is 4.93. The Kier molecular flexibility index (Phi) is 4.68. The standard InChI is InChI=1S/C22H27NO/c1-3-8-19(9-4-1)12-7-13-21-17-23(15-14-22(21)18-24-22)16-20-10-5-2-6-11-20/h1-6,8-11,21H,7,12-18H2. The zero-order chi connectivity index (χ0) is 16.2. The Labute approximate surface area is 145 Å². The van der Waals surface area contributed by atoms with Gasteiger partial charge in [0.25, 0.3) is 0 Å². The molecule has 0 saturated carbocycles. The summed E-state index contributed by atoms with van der Waals surface area (Å²) in [5.74, 6) is 0.693. The van der Waals surface area contributed by atoms with E-state index in [-0.39, 0.29) is 5.60 Å². The normalized spacial score (nSPS) is 26.6. The summed E-state index contributed by atoms with van der Waals surface area (Å²) in [5, 5.41) is 0. The van der Waals surface area contributed by atoms with Crippen LogP contribution in [0.5, 0.6) is 0 Å². The van der Waals surface area contributed by atoms with Gasteiger partial charge in [0.05, 0.1) is 12.2 Å². The van der Waals surface area contributed by atoms with Crippen molar-refractivity contribution in [3.63, 3.8) is 0 Å². The molecule has 1 spiro atoms. The van der Waals surface area contributed by atoms with Crippen LogP contribution in [0.25, 0.3) is 0 Å². The zero-order valence-corrected chi connectivity index (χ0v) is 14.4. The molecule has 0 bridgehead atoms. The Morgan fingerprint density at radius 1 is 0.958 bits per heavy atom. The summed E-state index contributed by atoms with van der Waals surface area (Å²) in [4.78, 5) is 2.62. The van der Waals surface area contributed by atoms with E-state index in [4.69, 9.17) is 4.74 Å². The van der Waals surface area contributed by atoms with Crippen molar-refractivity contribution in [3.05, 3.63) is 71.8 Å². The van der Waals surface area contributed by atoms with Crippen LogP contribution >= 0.6 is 0 Å². The molecule has 2 saturated heterocycles. The number of hydrogen-bond acceptors (Lipinski definition) is 2. The van der Waals surface area contributed by atoms with E-state index >= 15 is 0 Å². The average molecular weight is 321 g/mol. The molecule has 2 aliphatic heterocycles. The van der Waals surface area contributed by atoms with E-state index in [0.29, 0.717) is 5.92 Å². The second-order valence-corrected chi connectivity index (χ2v) is 7.40. The smallest absolute Gasteiger partial charge is 0.0968 e. The molecule has 2 heterocycles. The van der Waals surface area contributed by atoms with Gasteiger partial charge in [0, 0.05) is 25.6 Å². The van der Waals surface area contributed by atoms with Crippen molar-refractivity contribution in [2.45, 2.75) is 37.8 Å². The molecule has 2 aromatic carbocycles. The van der Waals surface area contributed by atoms with Gasteiger partial charge in [-0.3, -0.25) is 4.90 Å². The fraction of sp³-hybridized carbons (Fsp3) is 0.455. The molecule has 0 aromatic heterocycles. The van der Waals surface area contributed by atoms with E-state index in [1.165, 1.54) is 49.9 Å². The number of benzene rings is 2. The molecular weight excluding hydrogens is 294 g/mol. The van der Waals surface area contributed by atoms with E-state index in [9.17, 15) is 0 Å². The van der Waals surface area contributed by atoms with Crippen LogP contribution in [0.4, 0.5) is 0 Å². The lowest BCUT2D eigenvalue weighted by molar-refractivity contribution is 0.0736. The van der Waals surface area contributed by atoms with Crippen LogP contribution in [0.3, 0.4) is 0 Å². The van der Waals surface area contributed by atoms with Gasteiger partial charge in [0.2, 0.25) is 0 Å². The minimum absolute atomic E-state index is 0.226. The number of piperidine rings is 1. The molecule has 2 atom stereocenters. The van der Waals surface area contributed by atoms with Gasteiger partial charge in [-0.2, -0.15) is 0 Å². The average Bonchev–Trinajstić information content (AvgIpc) is 3.40. The molecule has 2 fully saturated rings. The van der Waals surface area contributed by atoms with E-state index in [1.807, 2.05) is 0 Å². The quantitative estimate of drug-likeness (QED) is 0.737. The van der Waals surface area contributed by atoms with Crippen LogP contribution in [0, 0.1) is 5.92 Å². The van der Waals surface area contributed by atoms with Crippen molar-refractivity contribution in [3.8, 4) is 0 Å². The highest BCUT2D eigenvalue weighted by Crippen LogP contribution is 2.44. The van der Waals surface area contributed by atoms with Crippen LogP contribution in [0.1, 0.15) is 30.4 Å². The van der Waals surface area contributed by atoms with Crippen LogP contribution in [-0.4, -0.2) is 30.2 Å². The van der Waals surface area contributed by atoms with Gasteiger partial charge >= 0.3 is 0 Å². The molecule has 2 aliphatic rings. The Morgan fingerprint density at radius 3 is 2.29 bits per heavy atom. The Balaban J connectivity index is 1.32. The summed E-state index contributed by atoms with van der Waals surface area (Å²) in [5.41, 5.74) is 3.11. The maximum atomic E-state index is 5.92. The van der Waals surface area contributed by atoms with Crippen LogP contribution in [0.2, 0.25) is 0 Å². The fourth-order valence-corrected chi connectivity index (χ4v) is 4.13. The first-order valence-corrected chi connectivity index (χ1v) is 9.28. The summed E-state index contributed by atoms with van der Waals surface area (Å²) in [6.45, 7) is 4.42. The molecule has 0 aliphatic carbocycles. The van der Waals surface area contributed by atoms with Crippen LogP contribution in [-0.2, 0) is 17.7 Å². The molecule has 0 amide bonds. The summed E-state index contributed by atoms with van der Waals surface area (Å²) in [6, 6.07) is 21.7. The Hall–Kier alpha value is -1.64. The van der Waals surface area contributed by atoms with Gasteiger partial charge < -0.3 is 4.74 Å². The number of epoxide rings is 1. The number of rotatable bonds is 6. The largest absolute Gasteiger partial charge is 0.369 e. The van der Waals surface area contributed by atoms with Gasteiger partial charge in [0.15, 0.2) is 0 Å². The highest BCUT2D eigenvalue weighted by Gasteiger charge is 2.53. The number of likely N-dealkylation sites (tertiary alicyclic amines) is 1. The molecule has 24 heavy (non-hydrogen) atoms. The third-order valence-electron chi connectivity index (χ3n) is 5.70. The third-order valence-corrected chi connectivity index (χ3v) is 5.70. The molecule has 0 N–H and O–H groups in total. The number of ether oxygens (including phenoxy) is 1. The number of hydrogen-bond donors (Lipinski definition) is 0. The topological polar surface area (TPSA) is 15.8 Å². The van der Waals surface area contributed by atoms with Gasteiger partial charge in [-0.25, -0.2) is 0 Å². The molecular formula is C22H27NO. The summed E-state index contributed by atoms with van der Waals surface area (Å²) < 4.78 is 5.92. The lowest BCUT2D eigenvalue weighted by Crippen LogP contribution is -2.45. The highest BCUT2D eigenvalue weighted by atomic mass is 16.6. The molecule has 0 radical (unpaired) electrons. The van der Waals surface area contributed by atoms with E-state index in [1.54, 1.807) is 0 Å². The lowest BCUT2D eigenvalue weighted by atomic mass is 9.82. The van der Waals surface area contributed by atoms with Crippen molar-refractivity contribution >= 4 is 0 Å². The molecule has 2 aromatic rings. The number of aryl methyl sites for hydroxylation is 1. The van der Waals surface area contributed by atoms with Gasteiger partial charge in [0.1, 0.15) is 0 Å². The van der Waals surface area contributed by atoms with Crippen molar-refractivity contribution in [1.82, 2.24) is 4.90 Å². The van der Waals surface area contributed by atoms with Crippen molar-refractivity contribution in [1.29, 1.82) is 0 Å². The predicted octanol–water partition coefficient (Wildman–Crippen LogP) is 4.30. The van der Waals surface area contributed by atoms with E-state index < -0.39 is 0 Å². The Bertz CT molecular complexity index is 636. The molecule has 4 rings (SSSR count). The maximum absolute atomic E-state index is 5.92. The minimum Gasteiger partial charge on any atom is -0.369 e. The van der Waals surface area contributed by atoms with E-state index in [2.05, 4.69) is 65.6 Å². The molecule has 126 valence electrons. The first-order valence-electron chi connectivity index (χ1n) is 9.28. The SMILES string of the molecule is c1ccc(CCCC2CN(Cc3ccccc3)CCC23CO3)cc1.